The van der Waals surface area contributed by atoms with Crippen molar-refractivity contribution in [3.05, 3.63) is 54.1 Å². The third-order valence-electron chi connectivity index (χ3n) is 3.51. The Bertz CT molecular complexity index is 641. The van der Waals surface area contributed by atoms with Crippen LogP contribution in [0.4, 0.5) is 10.5 Å². The van der Waals surface area contributed by atoms with E-state index in [2.05, 4.69) is 10.6 Å². The molecule has 0 spiro atoms. The Morgan fingerprint density at radius 3 is 2.65 bits per heavy atom. The maximum atomic E-state index is 12.0. The average molecular weight is 314 g/mol. The minimum atomic E-state index is -0.239. The Labute approximate surface area is 136 Å². The number of phenols is 1. The summed E-state index contributed by atoms with van der Waals surface area (Å²) in [5.41, 5.74) is 1.82. The molecule has 0 aliphatic carbocycles. The second-order valence-electron chi connectivity index (χ2n) is 5.44. The zero-order valence-electron chi connectivity index (χ0n) is 13.4. The molecule has 0 aromatic heterocycles. The predicted octanol–water partition coefficient (Wildman–Crippen LogP) is 3.54. The fourth-order valence-electron chi connectivity index (χ4n) is 2.21. The molecule has 5 heteroatoms. The number of methoxy groups -OCH3 is 1. The van der Waals surface area contributed by atoms with Gasteiger partial charge < -0.3 is 20.5 Å². The van der Waals surface area contributed by atoms with Crippen LogP contribution in [0.2, 0.25) is 0 Å². The van der Waals surface area contributed by atoms with Gasteiger partial charge in [-0.15, -0.1) is 0 Å². The lowest BCUT2D eigenvalue weighted by atomic mass is 10.1. The summed E-state index contributed by atoms with van der Waals surface area (Å²) in [5.74, 6) is 0.959. The normalized spacial score (nSPS) is 11.6. The fourth-order valence-corrected chi connectivity index (χ4v) is 2.21. The molecule has 2 amide bonds. The number of carbonyl (C=O) groups is 1. The van der Waals surface area contributed by atoms with Crippen LogP contribution in [0.1, 0.15) is 18.9 Å². The van der Waals surface area contributed by atoms with E-state index in [1.807, 2.05) is 37.3 Å². The van der Waals surface area contributed by atoms with E-state index in [-0.39, 0.29) is 17.8 Å². The molecule has 0 radical (unpaired) electrons. The molecule has 122 valence electrons. The molecular weight excluding hydrogens is 292 g/mol. The molecule has 0 heterocycles. The molecule has 1 unspecified atom stereocenters. The number of carbonyl (C=O) groups excluding carboxylic acids is 1. The molecule has 0 aliphatic rings. The highest BCUT2D eigenvalue weighted by Crippen LogP contribution is 2.16. The quantitative estimate of drug-likeness (QED) is 0.763. The van der Waals surface area contributed by atoms with Gasteiger partial charge in [-0.25, -0.2) is 4.79 Å². The molecule has 0 aliphatic heterocycles. The third-order valence-corrected chi connectivity index (χ3v) is 3.51. The first kappa shape index (κ1) is 16.7. The van der Waals surface area contributed by atoms with Crippen LogP contribution in [0, 0.1) is 0 Å². The number of anilines is 1. The number of aromatic hydroxyl groups is 1. The first-order valence-corrected chi connectivity index (χ1v) is 7.56. The van der Waals surface area contributed by atoms with Crippen LogP contribution in [-0.4, -0.2) is 24.3 Å². The van der Waals surface area contributed by atoms with Crippen LogP contribution < -0.4 is 15.4 Å². The van der Waals surface area contributed by atoms with Crippen molar-refractivity contribution in [1.29, 1.82) is 0 Å². The first-order chi connectivity index (χ1) is 11.1. The number of hydrogen-bond donors (Lipinski definition) is 3. The SMILES string of the molecule is COc1cccc(NC(=O)NC(C)CCc2ccc(O)cc2)c1. The van der Waals surface area contributed by atoms with Crippen LogP contribution in [0.15, 0.2) is 48.5 Å². The van der Waals surface area contributed by atoms with Gasteiger partial charge in [0.05, 0.1) is 7.11 Å². The van der Waals surface area contributed by atoms with E-state index < -0.39 is 0 Å². The maximum Gasteiger partial charge on any atom is 0.319 e. The van der Waals surface area contributed by atoms with Crippen LogP contribution in [0.3, 0.4) is 0 Å². The predicted molar refractivity (Wildman–Crippen MR) is 91.0 cm³/mol. The number of aryl methyl sites for hydroxylation is 1. The van der Waals surface area contributed by atoms with Crippen molar-refractivity contribution in [1.82, 2.24) is 5.32 Å². The second kappa shape index (κ2) is 8.08. The van der Waals surface area contributed by atoms with Crippen LogP contribution in [0.25, 0.3) is 0 Å². The molecular formula is C18H22N2O3. The summed E-state index contributed by atoms with van der Waals surface area (Å²) in [6.45, 7) is 1.96. The monoisotopic (exact) mass is 314 g/mol. The standard InChI is InChI=1S/C18H22N2O3/c1-13(6-7-14-8-10-16(21)11-9-14)19-18(22)20-15-4-3-5-17(12-15)23-2/h3-5,8-13,21H,6-7H2,1-2H3,(H2,19,20,22). The Hall–Kier alpha value is -2.69. The molecule has 0 fully saturated rings. The lowest BCUT2D eigenvalue weighted by Gasteiger charge is -2.15. The minimum Gasteiger partial charge on any atom is -0.508 e. The Kier molecular flexibility index (Phi) is 5.86. The number of ether oxygens (including phenoxy) is 1. The van der Waals surface area contributed by atoms with Gasteiger partial charge in [0.15, 0.2) is 0 Å². The Morgan fingerprint density at radius 2 is 1.96 bits per heavy atom. The van der Waals surface area contributed by atoms with E-state index in [4.69, 9.17) is 4.74 Å². The summed E-state index contributed by atoms with van der Waals surface area (Å²) in [6, 6.07) is 14.1. The summed E-state index contributed by atoms with van der Waals surface area (Å²) in [6.07, 6.45) is 1.65. The lowest BCUT2D eigenvalue weighted by Crippen LogP contribution is -2.36. The number of benzene rings is 2. The summed E-state index contributed by atoms with van der Waals surface area (Å²) in [5, 5.41) is 15.0. The average Bonchev–Trinajstić information content (AvgIpc) is 2.54. The van der Waals surface area contributed by atoms with E-state index in [1.165, 1.54) is 0 Å². The number of nitrogens with one attached hydrogen (secondary N) is 2. The Balaban J connectivity index is 1.78. The van der Waals surface area contributed by atoms with E-state index in [9.17, 15) is 9.90 Å². The topological polar surface area (TPSA) is 70.6 Å². The first-order valence-electron chi connectivity index (χ1n) is 7.56. The molecule has 5 nitrogen and oxygen atoms in total. The second-order valence-corrected chi connectivity index (χ2v) is 5.44. The lowest BCUT2D eigenvalue weighted by molar-refractivity contribution is 0.248. The van der Waals surface area contributed by atoms with Crippen molar-refractivity contribution in [2.75, 3.05) is 12.4 Å². The molecule has 0 saturated heterocycles. The van der Waals surface area contributed by atoms with Crippen molar-refractivity contribution in [2.24, 2.45) is 0 Å². The van der Waals surface area contributed by atoms with Crippen LogP contribution in [0.5, 0.6) is 11.5 Å². The summed E-state index contributed by atoms with van der Waals surface area (Å²) in [4.78, 5) is 12.0. The van der Waals surface area contributed by atoms with Gasteiger partial charge in [0.25, 0.3) is 0 Å². The smallest absolute Gasteiger partial charge is 0.319 e. The van der Waals surface area contributed by atoms with Gasteiger partial charge in [0.2, 0.25) is 0 Å². The fraction of sp³-hybridized carbons (Fsp3) is 0.278. The van der Waals surface area contributed by atoms with Crippen molar-refractivity contribution < 1.29 is 14.6 Å². The van der Waals surface area contributed by atoms with Crippen LogP contribution >= 0.6 is 0 Å². The molecule has 23 heavy (non-hydrogen) atoms. The van der Waals surface area contributed by atoms with Crippen molar-refractivity contribution in [3.63, 3.8) is 0 Å². The van der Waals surface area contributed by atoms with Gasteiger partial charge in [-0.1, -0.05) is 18.2 Å². The van der Waals surface area contributed by atoms with Gasteiger partial charge in [-0.2, -0.15) is 0 Å². The highest BCUT2D eigenvalue weighted by Gasteiger charge is 2.08. The minimum absolute atomic E-state index is 0.0365. The highest BCUT2D eigenvalue weighted by atomic mass is 16.5. The van der Waals surface area contributed by atoms with Gasteiger partial charge in [-0.3, -0.25) is 0 Å². The number of hydrogen-bond acceptors (Lipinski definition) is 3. The van der Waals surface area contributed by atoms with Crippen molar-refractivity contribution in [2.45, 2.75) is 25.8 Å². The molecule has 0 bridgehead atoms. The zero-order chi connectivity index (χ0) is 16.7. The van der Waals surface area contributed by atoms with Gasteiger partial charge in [0, 0.05) is 17.8 Å². The van der Waals surface area contributed by atoms with Gasteiger partial charge >= 0.3 is 6.03 Å². The Morgan fingerprint density at radius 1 is 1.22 bits per heavy atom. The van der Waals surface area contributed by atoms with Crippen molar-refractivity contribution >= 4 is 11.7 Å². The number of amides is 2. The largest absolute Gasteiger partial charge is 0.508 e. The van der Waals surface area contributed by atoms with Crippen LogP contribution in [-0.2, 0) is 6.42 Å². The molecule has 3 N–H and O–H groups in total. The molecule has 1 atom stereocenters. The highest BCUT2D eigenvalue weighted by molar-refractivity contribution is 5.89. The molecule has 2 aromatic rings. The van der Waals surface area contributed by atoms with E-state index in [1.54, 1.807) is 25.3 Å². The number of rotatable bonds is 6. The van der Waals surface area contributed by atoms with Crippen molar-refractivity contribution in [3.8, 4) is 11.5 Å². The van der Waals surface area contributed by atoms with E-state index in [0.29, 0.717) is 11.4 Å². The van der Waals surface area contributed by atoms with E-state index >= 15 is 0 Å². The van der Waals surface area contributed by atoms with E-state index in [0.717, 1.165) is 18.4 Å². The maximum absolute atomic E-state index is 12.0. The summed E-state index contributed by atoms with van der Waals surface area (Å²) in [7, 11) is 1.59. The number of urea groups is 1. The molecule has 2 aromatic carbocycles. The summed E-state index contributed by atoms with van der Waals surface area (Å²) >= 11 is 0. The third kappa shape index (κ3) is 5.54. The molecule has 0 saturated carbocycles. The van der Waals surface area contributed by atoms with Gasteiger partial charge in [0.1, 0.15) is 11.5 Å². The zero-order valence-corrected chi connectivity index (χ0v) is 13.4. The summed E-state index contributed by atoms with van der Waals surface area (Å²) < 4.78 is 5.12. The molecule has 2 rings (SSSR count). The number of phenolic OH excluding ortho intramolecular Hbond substituents is 1. The van der Waals surface area contributed by atoms with Gasteiger partial charge in [-0.05, 0) is 49.6 Å².